The number of fused-ring (bicyclic) bond motifs is 1. The normalized spacial score (nSPS) is 18.0. The van der Waals surface area contributed by atoms with E-state index in [-0.39, 0.29) is 28.8 Å². The number of piperidine rings is 1. The fraction of sp³-hybridized carbons (Fsp3) is 0.323. The highest BCUT2D eigenvalue weighted by molar-refractivity contribution is 7.89. The van der Waals surface area contributed by atoms with Gasteiger partial charge in [0.05, 0.1) is 11.1 Å². The third-order valence-electron chi connectivity index (χ3n) is 8.14. The molecule has 4 aromatic rings. The summed E-state index contributed by atoms with van der Waals surface area (Å²) in [6, 6.07) is 17.5. The molecule has 3 aromatic carbocycles. The fourth-order valence-corrected chi connectivity index (χ4v) is 7.47. The number of nitrogens with one attached hydrogen (secondary N) is 2. The molecule has 10 nitrogen and oxygen atoms in total. The Labute approximate surface area is 244 Å². The lowest BCUT2D eigenvalue weighted by molar-refractivity contribution is -0.133. The van der Waals surface area contributed by atoms with Crippen molar-refractivity contribution in [1.29, 1.82) is 0 Å². The van der Waals surface area contributed by atoms with Gasteiger partial charge in [-0.1, -0.05) is 42.5 Å². The largest absolute Gasteiger partial charge is 0.432 e. The molecule has 218 valence electrons. The first-order chi connectivity index (χ1) is 20.3. The van der Waals surface area contributed by atoms with Crippen molar-refractivity contribution in [1.82, 2.24) is 14.6 Å². The van der Waals surface area contributed by atoms with Crippen molar-refractivity contribution in [2.75, 3.05) is 29.9 Å². The number of likely N-dealkylation sites (tertiary alicyclic amines) is 1. The summed E-state index contributed by atoms with van der Waals surface area (Å²) in [6.45, 7) is 3.52. The standard InChI is InChI=1S/C31H33N5O5S/c1-21-7-2-3-8-23(21)29(37)33-26-12-13-28(25-10-5-4-9-24(25)26)42(39,40)34-22-14-18-35(19-15-22)30(38)27-11-6-17-36(27)31-32-16-20-41-31/h2-5,7-10,12-13,16,20,22,27,34H,6,11,14-15,17-19H2,1H3,(H,33,37)/t27-/m0/s1. The van der Waals surface area contributed by atoms with Gasteiger partial charge in [-0.25, -0.2) is 18.1 Å². The van der Waals surface area contributed by atoms with Gasteiger partial charge >= 0.3 is 0 Å². The first kappa shape index (κ1) is 27.9. The van der Waals surface area contributed by atoms with E-state index in [9.17, 15) is 18.0 Å². The highest BCUT2D eigenvalue weighted by Gasteiger charge is 2.37. The molecule has 6 rings (SSSR count). The van der Waals surface area contributed by atoms with Gasteiger partial charge in [0.25, 0.3) is 11.9 Å². The number of hydrogen-bond donors (Lipinski definition) is 2. The third-order valence-corrected chi connectivity index (χ3v) is 9.72. The molecular weight excluding hydrogens is 554 g/mol. The van der Waals surface area contributed by atoms with Crippen molar-refractivity contribution in [2.24, 2.45) is 0 Å². The smallest absolute Gasteiger partial charge is 0.297 e. The Kier molecular flexibility index (Phi) is 7.70. The topological polar surface area (TPSA) is 125 Å². The van der Waals surface area contributed by atoms with Gasteiger partial charge in [0.1, 0.15) is 12.3 Å². The number of benzene rings is 3. The number of oxazole rings is 1. The molecule has 2 N–H and O–H groups in total. The molecule has 2 amide bonds. The number of anilines is 2. The van der Waals surface area contributed by atoms with Crippen LogP contribution in [0.3, 0.4) is 0 Å². The Morgan fingerprint density at radius 1 is 0.929 bits per heavy atom. The molecule has 1 aromatic heterocycles. The molecule has 2 aliphatic rings. The van der Waals surface area contributed by atoms with Crippen LogP contribution in [-0.4, -0.2) is 61.8 Å². The van der Waals surface area contributed by atoms with Crippen LogP contribution in [0.5, 0.6) is 0 Å². The van der Waals surface area contributed by atoms with E-state index in [4.69, 9.17) is 4.42 Å². The third kappa shape index (κ3) is 5.49. The second kappa shape index (κ2) is 11.6. The molecule has 2 aliphatic heterocycles. The lowest BCUT2D eigenvalue weighted by atomic mass is 10.0. The molecule has 3 heterocycles. The SMILES string of the molecule is Cc1ccccc1C(=O)Nc1ccc(S(=O)(=O)NC2CCN(C(=O)[C@@H]3CCCN3c3ncco3)CC2)c2ccccc12. The molecule has 0 bridgehead atoms. The Bertz CT molecular complexity index is 1710. The number of carbonyl (C=O) groups excluding carboxylic acids is 2. The van der Waals surface area contributed by atoms with Crippen molar-refractivity contribution >= 4 is 44.3 Å². The van der Waals surface area contributed by atoms with E-state index in [2.05, 4.69) is 15.0 Å². The van der Waals surface area contributed by atoms with Crippen molar-refractivity contribution in [2.45, 2.75) is 49.6 Å². The molecule has 0 aliphatic carbocycles. The molecule has 0 saturated carbocycles. The summed E-state index contributed by atoms with van der Waals surface area (Å²) in [5, 5.41) is 4.10. The summed E-state index contributed by atoms with van der Waals surface area (Å²) in [6.07, 6.45) is 5.73. The first-order valence-corrected chi connectivity index (χ1v) is 15.7. The van der Waals surface area contributed by atoms with Crippen molar-refractivity contribution in [3.8, 4) is 0 Å². The molecular formula is C31H33N5O5S. The Morgan fingerprint density at radius 3 is 2.40 bits per heavy atom. The van der Waals surface area contributed by atoms with E-state index >= 15 is 0 Å². The van der Waals surface area contributed by atoms with Gasteiger partial charge < -0.3 is 19.5 Å². The van der Waals surface area contributed by atoms with Crippen molar-refractivity contribution in [3.05, 3.63) is 84.3 Å². The zero-order valence-corrected chi connectivity index (χ0v) is 24.1. The number of rotatable bonds is 7. The quantitative estimate of drug-likeness (QED) is 0.330. The number of amides is 2. The van der Waals surface area contributed by atoms with E-state index in [1.807, 2.05) is 41.0 Å². The molecule has 0 unspecified atom stereocenters. The zero-order valence-electron chi connectivity index (χ0n) is 23.3. The van der Waals surface area contributed by atoms with E-state index in [0.29, 0.717) is 54.0 Å². The highest BCUT2D eigenvalue weighted by Crippen LogP contribution is 2.31. The number of nitrogens with zero attached hydrogens (tertiary/aromatic N) is 3. The van der Waals surface area contributed by atoms with Gasteiger partial charge in [0.2, 0.25) is 15.9 Å². The highest BCUT2D eigenvalue weighted by atomic mass is 32.2. The maximum Gasteiger partial charge on any atom is 0.297 e. The number of aryl methyl sites for hydroxylation is 1. The minimum absolute atomic E-state index is 0.0290. The second-order valence-electron chi connectivity index (χ2n) is 10.8. The maximum absolute atomic E-state index is 13.6. The number of hydrogen-bond acceptors (Lipinski definition) is 7. The summed E-state index contributed by atoms with van der Waals surface area (Å²) in [5.74, 6) is -0.226. The van der Waals surface area contributed by atoms with Crippen LogP contribution in [0.25, 0.3) is 10.8 Å². The summed E-state index contributed by atoms with van der Waals surface area (Å²) in [7, 11) is -3.88. The predicted molar refractivity (Wildman–Crippen MR) is 160 cm³/mol. The van der Waals surface area contributed by atoms with E-state index in [1.54, 1.807) is 36.5 Å². The average molecular weight is 588 g/mol. The predicted octanol–water partition coefficient (Wildman–Crippen LogP) is 4.33. The molecule has 2 fully saturated rings. The molecule has 0 spiro atoms. The first-order valence-electron chi connectivity index (χ1n) is 14.2. The second-order valence-corrected chi connectivity index (χ2v) is 12.5. The maximum atomic E-state index is 13.6. The molecule has 11 heteroatoms. The van der Waals surface area contributed by atoms with Crippen LogP contribution in [0.15, 0.2) is 82.4 Å². The molecule has 42 heavy (non-hydrogen) atoms. The molecule has 1 atom stereocenters. The lowest BCUT2D eigenvalue weighted by Gasteiger charge is -2.35. The monoisotopic (exact) mass is 587 g/mol. The number of aromatic nitrogens is 1. The number of sulfonamides is 1. The van der Waals surface area contributed by atoms with Gasteiger partial charge in [-0.15, -0.1) is 0 Å². The minimum atomic E-state index is -3.88. The summed E-state index contributed by atoms with van der Waals surface area (Å²) in [5.41, 5.74) is 1.95. The Balaban J connectivity index is 1.14. The summed E-state index contributed by atoms with van der Waals surface area (Å²) >= 11 is 0. The van der Waals surface area contributed by atoms with Crippen LogP contribution < -0.4 is 14.9 Å². The van der Waals surface area contributed by atoms with Crippen LogP contribution in [0.4, 0.5) is 11.7 Å². The Morgan fingerprint density at radius 2 is 1.67 bits per heavy atom. The van der Waals surface area contributed by atoms with Crippen LogP contribution in [-0.2, 0) is 14.8 Å². The minimum Gasteiger partial charge on any atom is -0.432 e. The van der Waals surface area contributed by atoms with Gasteiger partial charge in [0, 0.05) is 47.7 Å². The lowest BCUT2D eigenvalue weighted by Crippen LogP contribution is -2.51. The van der Waals surface area contributed by atoms with Crippen molar-refractivity contribution < 1.29 is 22.4 Å². The van der Waals surface area contributed by atoms with Gasteiger partial charge in [0.15, 0.2) is 0 Å². The van der Waals surface area contributed by atoms with E-state index in [0.717, 1.165) is 24.9 Å². The van der Waals surface area contributed by atoms with E-state index < -0.39 is 10.0 Å². The van der Waals surface area contributed by atoms with E-state index in [1.165, 1.54) is 12.3 Å². The zero-order chi connectivity index (χ0) is 29.3. The average Bonchev–Trinajstić information content (AvgIpc) is 3.70. The van der Waals surface area contributed by atoms with Gasteiger partial charge in [-0.05, 0) is 56.4 Å². The number of carbonyl (C=O) groups is 2. The van der Waals surface area contributed by atoms with Crippen LogP contribution >= 0.6 is 0 Å². The van der Waals surface area contributed by atoms with Crippen LogP contribution in [0.1, 0.15) is 41.6 Å². The van der Waals surface area contributed by atoms with Gasteiger partial charge in [-0.3, -0.25) is 9.59 Å². The van der Waals surface area contributed by atoms with Crippen molar-refractivity contribution in [3.63, 3.8) is 0 Å². The Hall–Kier alpha value is -4.22. The van der Waals surface area contributed by atoms with Gasteiger partial charge in [-0.2, -0.15) is 0 Å². The molecule has 0 radical (unpaired) electrons. The molecule has 2 saturated heterocycles. The summed E-state index contributed by atoms with van der Waals surface area (Å²) < 4.78 is 35.5. The fourth-order valence-electron chi connectivity index (χ4n) is 5.95. The van der Waals surface area contributed by atoms with Crippen LogP contribution in [0, 0.1) is 6.92 Å². The summed E-state index contributed by atoms with van der Waals surface area (Å²) in [4.78, 5) is 34.4. The van der Waals surface area contributed by atoms with Crippen LogP contribution in [0.2, 0.25) is 0 Å².